The van der Waals surface area contributed by atoms with E-state index in [2.05, 4.69) is 21.9 Å². The van der Waals surface area contributed by atoms with Crippen LogP contribution in [0.2, 0.25) is 0 Å². The third kappa shape index (κ3) is 4.60. The van der Waals surface area contributed by atoms with Crippen LogP contribution >= 0.6 is 0 Å². The summed E-state index contributed by atoms with van der Waals surface area (Å²) >= 11 is 0. The average Bonchev–Trinajstić information content (AvgIpc) is 3.15. The number of hydrogen-bond acceptors (Lipinski definition) is 5. The molecule has 3 rings (SSSR count). The molecule has 2 aromatic rings. The molecule has 29 heavy (non-hydrogen) atoms. The minimum atomic E-state index is -0.148. The Morgan fingerprint density at radius 2 is 2.03 bits per heavy atom. The van der Waals surface area contributed by atoms with Gasteiger partial charge in [-0.1, -0.05) is 19.3 Å². The molecule has 0 unspecified atom stereocenters. The highest BCUT2D eigenvalue weighted by Crippen LogP contribution is 2.28. The van der Waals surface area contributed by atoms with Gasteiger partial charge in [-0.2, -0.15) is 10.4 Å². The number of amides is 1. The lowest BCUT2D eigenvalue weighted by Crippen LogP contribution is -2.38. The third-order valence-electron chi connectivity index (χ3n) is 5.70. The zero-order valence-corrected chi connectivity index (χ0v) is 17.6. The maximum Gasteiger partial charge on any atom is 0.254 e. The molecule has 0 aliphatic heterocycles. The zero-order valence-electron chi connectivity index (χ0n) is 17.6. The summed E-state index contributed by atoms with van der Waals surface area (Å²) < 4.78 is 7.76. The molecule has 0 atom stereocenters. The smallest absolute Gasteiger partial charge is 0.254 e. The van der Waals surface area contributed by atoms with E-state index >= 15 is 0 Å². The molecule has 1 aliphatic rings. The number of carbonyl (C=O) groups excluding carboxylic acids is 1. The summed E-state index contributed by atoms with van der Waals surface area (Å²) in [7, 11) is 0. The van der Waals surface area contributed by atoms with Crippen molar-refractivity contribution in [2.45, 2.75) is 65.8 Å². The van der Waals surface area contributed by atoms with Crippen LogP contribution in [0.5, 0.6) is 0 Å². The lowest BCUT2D eigenvalue weighted by atomic mass is 9.95. The number of hydrogen-bond donors (Lipinski definition) is 2. The van der Waals surface area contributed by atoms with Crippen LogP contribution in [0.3, 0.4) is 0 Å². The van der Waals surface area contributed by atoms with Crippen molar-refractivity contribution in [3.8, 4) is 12.0 Å². The van der Waals surface area contributed by atoms with Gasteiger partial charge in [0.1, 0.15) is 17.4 Å². The molecule has 0 bridgehead atoms. The normalized spacial score (nSPS) is 15.0. The van der Waals surface area contributed by atoms with Crippen LogP contribution in [0.25, 0.3) is 5.88 Å². The molecule has 1 fully saturated rings. The second kappa shape index (κ2) is 9.10. The fourth-order valence-electron chi connectivity index (χ4n) is 3.89. The molecule has 2 N–H and O–H groups in total. The number of hydrazone groups is 1. The Kier molecular flexibility index (Phi) is 6.55. The Hall–Kier alpha value is -2.85. The van der Waals surface area contributed by atoms with Gasteiger partial charge >= 0.3 is 0 Å². The van der Waals surface area contributed by atoms with Gasteiger partial charge in [-0.05, 0) is 46.6 Å². The Balaban J connectivity index is 1.66. The average molecular weight is 396 g/mol. The fourth-order valence-corrected chi connectivity index (χ4v) is 3.89. The van der Waals surface area contributed by atoms with Gasteiger partial charge in [0.25, 0.3) is 5.91 Å². The molecule has 0 radical (unpaired) electrons. The number of nitriles is 1. The first-order valence-corrected chi connectivity index (χ1v) is 10.2. The van der Waals surface area contributed by atoms with E-state index in [1.165, 1.54) is 19.3 Å². The molecule has 0 spiro atoms. The summed E-state index contributed by atoms with van der Waals surface area (Å²) in [6, 6.07) is 4.63. The maximum absolute atomic E-state index is 12.0. The minimum Gasteiger partial charge on any atom is -0.443 e. The SMILES string of the molecule is Cc1oc(-n2c(C)cc(/C=N\NC(=O)CNC3CCCCC3)c2C)c(C#N)c1C. The molecule has 154 valence electrons. The molecular weight excluding hydrogens is 366 g/mol. The van der Waals surface area contributed by atoms with Crippen LogP contribution in [-0.4, -0.2) is 29.3 Å². The second-order valence-electron chi connectivity index (χ2n) is 7.75. The maximum atomic E-state index is 12.0. The van der Waals surface area contributed by atoms with E-state index in [0.29, 0.717) is 17.5 Å². The molecule has 0 saturated heterocycles. The largest absolute Gasteiger partial charge is 0.443 e. The highest BCUT2D eigenvalue weighted by Gasteiger charge is 2.20. The first kappa shape index (κ1) is 20.9. The summed E-state index contributed by atoms with van der Waals surface area (Å²) in [6.45, 7) is 7.90. The Morgan fingerprint density at radius 3 is 2.72 bits per heavy atom. The highest BCUT2D eigenvalue weighted by molar-refractivity contribution is 5.84. The molecule has 1 aliphatic carbocycles. The van der Waals surface area contributed by atoms with Crippen LogP contribution in [0.15, 0.2) is 15.6 Å². The van der Waals surface area contributed by atoms with Gasteiger partial charge in [0.05, 0.1) is 12.8 Å². The standard InChI is InChI=1S/C22H29N5O2/c1-14-10-18(12-25-26-21(28)13-24-19-8-6-5-7-9-19)16(3)27(14)22-20(11-23)15(2)17(4)29-22/h10,12,19,24H,5-9,13H2,1-4H3,(H,26,28)/b25-12-. The molecule has 7 nitrogen and oxygen atoms in total. The fraction of sp³-hybridized carbons (Fsp3) is 0.500. The lowest BCUT2D eigenvalue weighted by molar-refractivity contribution is -0.120. The predicted octanol–water partition coefficient (Wildman–Crippen LogP) is 3.55. The molecule has 1 saturated carbocycles. The molecular formula is C22H29N5O2. The minimum absolute atomic E-state index is 0.148. The summed E-state index contributed by atoms with van der Waals surface area (Å²) in [5, 5.41) is 16.9. The topological polar surface area (TPSA) is 95.3 Å². The number of carbonyl (C=O) groups is 1. The van der Waals surface area contributed by atoms with E-state index in [0.717, 1.165) is 41.1 Å². The Morgan fingerprint density at radius 1 is 1.31 bits per heavy atom. The van der Waals surface area contributed by atoms with E-state index < -0.39 is 0 Å². The van der Waals surface area contributed by atoms with Gasteiger partial charge in [-0.3, -0.25) is 9.36 Å². The van der Waals surface area contributed by atoms with Crippen LogP contribution in [0.4, 0.5) is 0 Å². The monoisotopic (exact) mass is 395 g/mol. The van der Waals surface area contributed by atoms with Crippen molar-refractivity contribution in [3.63, 3.8) is 0 Å². The van der Waals surface area contributed by atoms with Gasteiger partial charge in [0.2, 0.25) is 5.88 Å². The Labute approximate surface area is 171 Å². The number of rotatable bonds is 6. The molecule has 1 amide bonds. The summed E-state index contributed by atoms with van der Waals surface area (Å²) in [5.74, 6) is 1.11. The lowest BCUT2D eigenvalue weighted by Gasteiger charge is -2.22. The van der Waals surface area contributed by atoms with Gasteiger partial charge in [-0.15, -0.1) is 0 Å². The van der Waals surface area contributed by atoms with Crippen molar-refractivity contribution < 1.29 is 9.21 Å². The summed E-state index contributed by atoms with van der Waals surface area (Å²) in [4.78, 5) is 12.0. The van der Waals surface area contributed by atoms with Crippen LogP contribution in [0, 0.1) is 39.0 Å². The van der Waals surface area contributed by atoms with E-state index in [9.17, 15) is 10.1 Å². The van der Waals surface area contributed by atoms with Crippen LogP contribution in [0.1, 0.15) is 65.9 Å². The third-order valence-corrected chi connectivity index (χ3v) is 5.70. The van der Waals surface area contributed by atoms with Gasteiger partial charge in [0, 0.05) is 28.6 Å². The van der Waals surface area contributed by atoms with Crippen LogP contribution < -0.4 is 10.7 Å². The van der Waals surface area contributed by atoms with Gasteiger partial charge in [0.15, 0.2) is 0 Å². The van der Waals surface area contributed by atoms with E-state index in [-0.39, 0.29) is 12.5 Å². The number of furan rings is 1. The van der Waals surface area contributed by atoms with Crippen LogP contribution in [-0.2, 0) is 4.79 Å². The number of aromatic nitrogens is 1. The molecule has 2 aromatic heterocycles. The van der Waals surface area contributed by atoms with Crippen molar-refractivity contribution in [3.05, 3.63) is 39.9 Å². The second-order valence-corrected chi connectivity index (χ2v) is 7.75. The summed E-state index contributed by atoms with van der Waals surface area (Å²) in [5.41, 5.74) is 6.66. The first-order chi connectivity index (χ1) is 13.9. The number of aryl methyl sites for hydroxylation is 2. The van der Waals surface area contributed by atoms with Crippen molar-refractivity contribution in [1.82, 2.24) is 15.3 Å². The highest BCUT2D eigenvalue weighted by atomic mass is 16.4. The summed E-state index contributed by atoms with van der Waals surface area (Å²) in [6.07, 6.45) is 7.66. The van der Waals surface area contributed by atoms with Crippen molar-refractivity contribution in [1.29, 1.82) is 5.26 Å². The van der Waals surface area contributed by atoms with E-state index in [4.69, 9.17) is 4.42 Å². The van der Waals surface area contributed by atoms with Crippen molar-refractivity contribution in [2.75, 3.05) is 6.54 Å². The Bertz CT molecular complexity index is 955. The zero-order chi connectivity index (χ0) is 21.0. The van der Waals surface area contributed by atoms with Gasteiger partial charge < -0.3 is 9.73 Å². The van der Waals surface area contributed by atoms with E-state index in [1.54, 1.807) is 6.21 Å². The van der Waals surface area contributed by atoms with Gasteiger partial charge in [-0.25, -0.2) is 5.43 Å². The number of nitrogens with zero attached hydrogens (tertiary/aromatic N) is 3. The van der Waals surface area contributed by atoms with E-state index in [1.807, 2.05) is 38.3 Å². The van der Waals surface area contributed by atoms with Crippen molar-refractivity contribution in [2.24, 2.45) is 5.10 Å². The molecule has 7 heteroatoms. The quantitative estimate of drug-likeness (QED) is 0.578. The molecule has 0 aromatic carbocycles. The molecule has 2 heterocycles. The number of nitrogens with one attached hydrogen (secondary N) is 2. The van der Waals surface area contributed by atoms with Crippen molar-refractivity contribution >= 4 is 12.1 Å². The predicted molar refractivity (Wildman–Crippen MR) is 112 cm³/mol. The first-order valence-electron chi connectivity index (χ1n) is 10.2.